The van der Waals surface area contributed by atoms with Gasteiger partial charge in [0.05, 0.1) is 13.2 Å². The molecule has 0 aromatic rings. The van der Waals surface area contributed by atoms with Crippen molar-refractivity contribution in [3.63, 3.8) is 0 Å². The summed E-state index contributed by atoms with van der Waals surface area (Å²) in [6, 6.07) is 0. The van der Waals surface area contributed by atoms with Crippen molar-refractivity contribution in [3.05, 3.63) is 97.2 Å². The van der Waals surface area contributed by atoms with Gasteiger partial charge in [-0.25, -0.2) is 4.57 Å². The highest BCUT2D eigenvalue weighted by Crippen LogP contribution is 2.43. The summed E-state index contributed by atoms with van der Waals surface area (Å²) in [5, 5.41) is 0. The minimum Gasteiger partial charge on any atom is -0.462 e. The summed E-state index contributed by atoms with van der Waals surface area (Å²) < 4.78 is 32.7. The van der Waals surface area contributed by atoms with Crippen LogP contribution in [-0.4, -0.2) is 49.3 Å². The van der Waals surface area contributed by atoms with Gasteiger partial charge in [-0.2, -0.15) is 0 Å². The molecule has 2 atom stereocenters. The van der Waals surface area contributed by atoms with E-state index in [4.69, 9.17) is 24.3 Å². The van der Waals surface area contributed by atoms with Gasteiger partial charge in [0.2, 0.25) is 0 Å². The molecule has 0 aromatic carbocycles. The van der Waals surface area contributed by atoms with Crippen LogP contribution in [0.2, 0.25) is 0 Å². The molecule has 0 heterocycles. The normalized spacial score (nSPS) is 14.1. The van der Waals surface area contributed by atoms with E-state index in [-0.39, 0.29) is 32.6 Å². The minimum atomic E-state index is -4.38. The van der Waals surface area contributed by atoms with Crippen molar-refractivity contribution in [2.75, 3.05) is 26.4 Å². The molecule has 0 aliphatic carbocycles. The largest absolute Gasteiger partial charge is 0.472 e. The predicted octanol–water partition coefficient (Wildman–Crippen LogP) is 14.2. The highest BCUT2D eigenvalue weighted by atomic mass is 31.2. The number of allylic oxidation sites excluding steroid dienone is 16. The maximum atomic E-state index is 12.6. The Morgan fingerprint density at radius 2 is 0.902 bits per heavy atom. The first-order chi connectivity index (χ1) is 29.8. The van der Waals surface area contributed by atoms with E-state index < -0.39 is 32.5 Å². The number of carbonyl (C=O) groups excluding carboxylic acids is 2. The monoisotopic (exact) mass is 872 g/mol. The van der Waals surface area contributed by atoms with Gasteiger partial charge in [-0.3, -0.25) is 18.6 Å². The lowest BCUT2D eigenvalue weighted by Gasteiger charge is -2.19. The molecule has 0 aliphatic heterocycles. The summed E-state index contributed by atoms with van der Waals surface area (Å²) in [5.74, 6) is -0.855. The maximum Gasteiger partial charge on any atom is 0.472 e. The third-order valence-electron chi connectivity index (χ3n) is 9.48. The van der Waals surface area contributed by atoms with E-state index in [1.54, 1.807) is 0 Å². The number of hydrogen-bond donors (Lipinski definition) is 2. The van der Waals surface area contributed by atoms with E-state index in [1.165, 1.54) is 38.5 Å². The van der Waals surface area contributed by atoms with Gasteiger partial charge >= 0.3 is 19.8 Å². The molecule has 0 fully saturated rings. The molecule has 9 nitrogen and oxygen atoms in total. The average molecular weight is 872 g/mol. The van der Waals surface area contributed by atoms with Crippen LogP contribution in [0.5, 0.6) is 0 Å². The van der Waals surface area contributed by atoms with Crippen molar-refractivity contribution in [2.45, 2.75) is 187 Å². The molecule has 348 valence electrons. The van der Waals surface area contributed by atoms with Crippen molar-refractivity contribution in [2.24, 2.45) is 5.73 Å². The zero-order chi connectivity index (χ0) is 44.6. The molecule has 0 aliphatic rings. The number of esters is 2. The Hall–Kier alpha value is -3.07. The molecule has 10 heteroatoms. The zero-order valence-corrected chi connectivity index (χ0v) is 39.3. The second-order valence-corrected chi connectivity index (χ2v) is 16.7. The lowest BCUT2D eigenvalue weighted by Crippen LogP contribution is -2.29. The number of hydrogen-bond acceptors (Lipinski definition) is 8. The standard InChI is InChI=1S/C51H86NO8P/c1-3-5-7-9-11-13-14-15-16-17-18-19-20-21-22-23-24-25-26-27-28-29-30-31-32-33-34-36-38-40-42-44-51(54)60-49(48-59-61(55,56)58-46-45-52)47-57-50(53)43-41-39-37-35-12-10-8-6-4-2/h5,7,11,13,15-16,18-19,21-22,24-25,27-28,30-31,49H,3-4,6,8-10,12,14,17,20,23,26,29,32-48,52H2,1-2H3,(H,55,56)/b7-5-,13-11-,16-15-,19-18-,22-21-,25-24-,28-27-,31-30-. The molecule has 0 rings (SSSR count). The van der Waals surface area contributed by atoms with Gasteiger partial charge < -0.3 is 20.1 Å². The van der Waals surface area contributed by atoms with Crippen LogP contribution in [0.15, 0.2) is 97.2 Å². The van der Waals surface area contributed by atoms with Crippen molar-refractivity contribution in [3.8, 4) is 0 Å². The molecule has 0 aromatic heterocycles. The number of phosphoric acid groups is 1. The number of carbonyl (C=O) groups is 2. The van der Waals surface area contributed by atoms with Gasteiger partial charge in [-0.15, -0.1) is 0 Å². The van der Waals surface area contributed by atoms with Gasteiger partial charge in [-0.1, -0.05) is 188 Å². The van der Waals surface area contributed by atoms with Crippen LogP contribution in [0, 0.1) is 0 Å². The van der Waals surface area contributed by atoms with Crippen LogP contribution in [0.1, 0.15) is 181 Å². The summed E-state index contributed by atoms with van der Waals surface area (Å²) in [6.07, 6.45) is 60.3. The first kappa shape index (κ1) is 57.9. The molecule has 0 spiro atoms. The number of rotatable bonds is 43. The Labute approximate surface area is 372 Å². The van der Waals surface area contributed by atoms with Gasteiger partial charge in [0.15, 0.2) is 6.10 Å². The number of ether oxygens (including phenoxy) is 2. The maximum absolute atomic E-state index is 12.6. The SMILES string of the molecule is CC/C=C\C/C=C\C/C=C\C/C=C\C/C=C\C/C=C\C/C=C\C/C=C\CCCCCCCCC(=O)OC(COC(=O)CCCCCCCCCCC)COP(=O)(O)OCCN. The second kappa shape index (κ2) is 46.4. The van der Waals surface area contributed by atoms with E-state index in [0.717, 1.165) is 109 Å². The lowest BCUT2D eigenvalue weighted by molar-refractivity contribution is -0.161. The van der Waals surface area contributed by atoms with Gasteiger partial charge in [0.1, 0.15) is 6.61 Å². The Balaban J connectivity index is 4.06. The van der Waals surface area contributed by atoms with Crippen molar-refractivity contribution >= 4 is 19.8 Å². The van der Waals surface area contributed by atoms with E-state index in [1.807, 2.05) is 0 Å². The van der Waals surface area contributed by atoms with E-state index in [2.05, 4.69) is 111 Å². The van der Waals surface area contributed by atoms with Crippen molar-refractivity contribution in [1.29, 1.82) is 0 Å². The highest BCUT2D eigenvalue weighted by Gasteiger charge is 2.26. The zero-order valence-electron chi connectivity index (χ0n) is 38.4. The molecule has 0 radical (unpaired) electrons. The number of nitrogens with two attached hydrogens (primary N) is 1. The number of unbranched alkanes of at least 4 members (excludes halogenated alkanes) is 14. The van der Waals surface area contributed by atoms with Gasteiger partial charge in [0.25, 0.3) is 0 Å². The van der Waals surface area contributed by atoms with E-state index in [0.29, 0.717) is 6.42 Å². The molecule has 61 heavy (non-hydrogen) atoms. The fourth-order valence-electron chi connectivity index (χ4n) is 6.00. The second-order valence-electron chi connectivity index (χ2n) is 15.2. The molecule has 0 amide bonds. The first-order valence-electron chi connectivity index (χ1n) is 23.7. The van der Waals surface area contributed by atoms with E-state index >= 15 is 0 Å². The fraction of sp³-hybridized carbons (Fsp3) is 0.647. The fourth-order valence-corrected chi connectivity index (χ4v) is 6.77. The van der Waals surface area contributed by atoms with Crippen LogP contribution < -0.4 is 5.73 Å². The Morgan fingerprint density at radius 3 is 1.34 bits per heavy atom. The first-order valence-corrected chi connectivity index (χ1v) is 25.2. The average Bonchev–Trinajstić information content (AvgIpc) is 3.25. The van der Waals surface area contributed by atoms with Crippen LogP contribution in [0.25, 0.3) is 0 Å². The molecule has 2 unspecified atom stereocenters. The Morgan fingerprint density at radius 1 is 0.508 bits per heavy atom. The smallest absolute Gasteiger partial charge is 0.462 e. The van der Waals surface area contributed by atoms with Crippen LogP contribution in [0.3, 0.4) is 0 Å². The molecule has 0 bridgehead atoms. The van der Waals surface area contributed by atoms with Crippen molar-refractivity contribution in [1.82, 2.24) is 0 Å². The van der Waals surface area contributed by atoms with Crippen molar-refractivity contribution < 1.29 is 37.6 Å². The third kappa shape index (κ3) is 46.3. The molecule has 0 saturated heterocycles. The minimum absolute atomic E-state index is 0.0466. The quantitative estimate of drug-likeness (QED) is 0.0266. The summed E-state index contributed by atoms with van der Waals surface area (Å²) in [7, 11) is -4.38. The highest BCUT2D eigenvalue weighted by molar-refractivity contribution is 7.47. The van der Waals surface area contributed by atoms with Crippen LogP contribution >= 0.6 is 7.82 Å². The van der Waals surface area contributed by atoms with Gasteiger partial charge in [0, 0.05) is 19.4 Å². The topological polar surface area (TPSA) is 134 Å². The van der Waals surface area contributed by atoms with E-state index in [9.17, 15) is 19.0 Å². The van der Waals surface area contributed by atoms with Gasteiger partial charge in [-0.05, 0) is 77.0 Å². The Bertz CT molecular complexity index is 1320. The summed E-state index contributed by atoms with van der Waals surface area (Å²) in [5.41, 5.74) is 5.34. The molecule has 3 N–H and O–H groups in total. The summed E-state index contributed by atoms with van der Waals surface area (Å²) in [4.78, 5) is 34.8. The Kier molecular flexibility index (Phi) is 44.1. The van der Waals surface area contributed by atoms with Crippen LogP contribution in [-0.2, 0) is 32.7 Å². The van der Waals surface area contributed by atoms with Crippen LogP contribution in [0.4, 0.5) is 0 Å². The predicted molar refractivity (Wildman–Crippen MR) is 256 cm³/mol. The molecular formula is C51H86NO8P. The third-order valence-corrected chi connectivity index (χ3v) is 10.5. The molecule has 0 saturated carbocycles. The number of phosphoric ester groups is 1. The summed E-state index contributed by atoms with van der Waals surface area (Å²) in [6.45, 7) is 3.56. The lowest BCUT2D eigenvalue weighted by atomic mass is 10.1. The molecular weight excluding hydrogens is 786 g/mol. The summed E-state index contributed by atoms with van der Waals surface area (Å²) >= 11 is 0.